The number of carbonyl (C=O) groups is 2. The number of carbonyl (C=O) groups excluding carboxylic acids is 2. The van der Waals surface area contributed by atoms with Crippen LogP contribution in [0, 0.1) is 6.92 Å². The third-order valence-corrected chi connectivity index (χ3v) is 6.60. The van der Waals surface area contributed by atoms with Crippen LogP contribution in [-0.4, -0.2) is 28.4 Å². The summed E-state index contributed by atoms with van der Waals surface area (Å²) < 4.78 is 5.72. The molecular weight excluding hydrogens is 476 g/mol. The maximum absolute atomic E-state index is 13.5. The first-order valence-electron chi connectivity index (χ1n) is 11.8. The number of fused-ring (bicyclic) bond motifs is 1. The first kappa shape index (κ1) is 23.7. The van der Waals surface area contributed by atoms with Crippen LogP contribution in [-0.2, 0) is 9.59 Å². The Morgan fingerprint density at radius 3 is 2.56 bits per heavy atom. The molecule has 1 unspecified atom stereocenters. The van der Waals surface area contributed by atoms with E-state index in [4.69, 9.17) is 16.3 Å². The zero-order valence-corrected chi connectivity index (χ0v) is 20.7. The van der Waals surface area contributed by atoms with E-state index < -0.39 is 17.7 Å². The topological polar surface area (TPSA) is 82.6 Å². The molecule has 0 bridgehead atoms. The molecule has 1 atom stereocenters. The van der Waals surface area contributed by atoms with Gasteiger partial charge in [0.05, 0.1) is 18.2 Å². The van der Waals surface area contributed by atoms with E-state index in [9.17, 15) is 14.7 Å². The molecule has 0 spiro atoms. The van der Waals surface area contributed by atoms with Gasteiger partial charge in [-0.1, -0.05) is 48.9 Å². The van der Waals surface area contributed by atoms with Crippen molar-refractivity contribution < 1.29 is 19.4 Å². The van der Waals surface area contributed by atoms with E-state index in [1.54, 1.807) is 48.5 Å². The molecule has 2 heterocycles. The van der Waals surface area contributed by atoms with Crippen molar-refractivity contribution in [1.29, 1.82) is 0 Å². The summed E-state index contributed by atoms with van der Waals surface area (Å²) in [5, 5.41) is 12.9. The molecule has 1 fully saturated rings. The molecule has 1 aliphatic rings. The van der Waals surface area contributed by atoms with Crippen molar-refractivity contribution in [2.75, 3.05) is 11.5 Å². The van der Waals surface area contributed by atoms with Gasteiger partial charge >= 0.3 is 0 Å². The van der Waals surface area contributed by atoms with Crippen LogP contribution >= 0.6 is 11.6 Å². The second kappa shape index (κ2) is 9.55. The lowest BCUT2D eigenvalue weighted by molar-refractivity contribution is -0.132. The number of ketones is 1. The number of anilines is 1. The lowest BCUT2D eigenvalue weighted by Gasteiger charge is -2.26. The van der Waals surface area contributed by atoms with Crippen LogP contribution in [0.5, 0.6) is 5.75 Å². The third kappa shape index (κ3) is 4.03. The summed E-state index contributed by atoms with van der Waals surface area (Å²) >= 11 is 6.10. The number of halogens is 1. The van der Waals surface area contributed by atoms with Gasteiger partial charge in [-0.3, -0.25) is 14.5 Å². The fourth-order valence-electron chi connectivity index (χ4n) is 4.73. The number of nitrogens with one attached hydrogen (secondary N) is 1. The van der Waals surface area contributed by atoms with Crippen molar-refractivity contribution in [2.24, 2.45) is 0 Å². The molecule has 0 saturated carbocycles. The summed E-state index contributed by atoms with van der Waals surface area (Å²) in [6.45, 7) is 4.43. The van der Waals surface area contributed by atoms with Gasteiger partial charge in [-0.05, 0) is 55.8 Å². The molecule has 5 rings (SSSR count). The zero-order chi connectivity index (χ0) is 25.4. The molecule has 0 radical (unpaired) electrons. The number of aliphatic hydroxyl groups excluding tert-OH is 1. The molecule has 182 valence electrons. The predicted molar refractivity (Wildman–Crippen MR) is 141 cm³/mol. The van der Waals surface area contributed by atoms with Gasteiger partial charge in [0, 0.05) is 38.4 Å². The first-order valence-corrected chi connectivity index (χ1v) is 12.2. The van der Waals surface area contributed by atoms with Gasteiger partial charge in [0.1, 0.15) is 11.5 Å². The highest BCUT2D eigenvalue weighted by Gasteiger charge is 2.48. The summed E-state index contributed by atoms with van der Waals surface area (Å²) in [6.07, 6.45) is 0.836. The van der Waals surface area contributed by atoms with Crippen LogP contribution in [0.15, 0.2) is 78.4 Å². The van der Waals surface area contributed by atoms with Gasteiger partial charge in [-0.2, -0.15) is 0 Å². The summed E-state index contributed by atoms with van der Waals surface area (Å²) in [5.74, 6) is -1.14. The number of rotatable bonds is 6. The average Bonchev–Trinajstić information content (AvgIpc) is 3.35. The Bertz CT molecular complexity index is 1500. The van der Waals surface area contributed by atoms with E-state index in [1.807, 2.05) is 38.1 Å². The lowest BCUT2D eigenvalue weighted by Crippen LogP contribution is -2.29. The van der Waals surface area contributed by atoms with Crippen molar-refractivity contribution in [2.45, 2.75) is 26.3 Å². The number of hydrogen-bond donors (Lipinski definition) is 2. The number of Topliss-reactive ketones (excluding diaryl/α,β-unsaturated/α-hetero) is 1. The lowest BCUT2D eigenvalue weighted by atomic mass is 9.93. The Balaban J connectivity index is 1.75. The van der Waals surface area contributed by atoms with E-state index in [0.29, 0.717) is 28.6 Å². The Morgan fingerprint density at radius 2 is 1.81 bits per heavy atom. The molecule has 36 heavy (non-hydrogen) atoms. The molecule has 1 aromatic heterocycles. The van der Waals surface area contributed by atoms with Gasteiger partial charge in [0.2, 0.25) is 0 Å². The molecule has 2 N–H and O–H groups in total. The number of H-pyrrole nitrogens is 1. The Kier molecular flexibility index (Phi) is 6.29. The van der Waals surface area contributed by atoms with Crippen LogP contribution in [0.25, 0.3) is 16.7 Å². The number of amides is 1. The van der Waals surface area contributed by atoms with Crippen molar-refractivity contribution in [3.05, 3.63) is 100 Å². The van der Waals surface area contributed by atoms with Crippen LogP contribution in [0.2, 0.25) is 5.02 Å². The van der Waals surface area contributed by atoms with E-state index in [1.165, 1.54) is 4.90 Å². The van der Waals surface area contributed by atoms with Crippen molar-refractivity contribution in [3.63, 3.8) is 0 Å². The Morgan fingerprint density at radius 1 is 1.06 bits per heavy atom. The molecule has 0 aliphatic carbocycles. The van der Waals surface area contributed by atoms with Gasteiger partial charge in [0.25, 0.3) is 11.7 Å². The maximum Gasteiger partial charge on any atom is 0.300 e. The second-order valence-corrected chi connectivity index (χ2v) is 9.17. The normalized spacial score (nSPS) is 17.2. The van der Waals surface area contributed by atoms with Crippen LogP contribution in [0.3, 0.4) is 0 Å². The molecule has 4 aromatic rings. The minimum atomic E-state index is -0.845. The molecule has 7 heteroatoms. The monoisotopic (exact) mass is 500 g/mol. The first-order chi connectivity index (χ1) is 17.4. The summed E-state index contributed by atoms with van der Waals surface area (Å²) in [7, 11) is 0. The average molecular weight is 501 g/mol. The number of aryl methyl sites for hydroxylation is 1. The fourth-order valence-corrected chi connectivity index (χ4v) is 4.86. The highest BCUT2D eigenvalue weighted by molar-refractivity contribution is 6.52. The summed E-state index contributed by atoms with van der Waals surface area (Å²) in [4.78, 5) is 31.8. The van der Waals surface area contributed by atoms with Crippen molar-refractivity contribution >= 4 is 45.6 Å². The van der Waals surface area contributed by atoms with Gasteiger partial charge in [0.15, 0.2) is 0 Å². The van der Waals surface area contributed by atoms with Crippen molar-refractivity contribution in [1.82, 2.24) is 4.98 Å². The molecule has 1 amide bonds. The summed E-state index contributed by atoms with van der Waals surface area (Å²) in [5.41, 5.74) is 3.36. The maximum atomic E-state index is 13.5. The van der Waals surface area contributed by atoms with Gasteiger partial charge in [-0.25, -0.2) is 0 Å². The molecular formula is C29H25ClN2O4. The number of aliphatic hydroxyl groups is 1. The van der Waals surface area contributed by atoms with Gasteiger partial charge in [-0.15, -0.1) is 0 Å². The molecule has 6 nitrogen and oxygen atoms in total. The van der Waals surface area contributed by atoms with E-state index in [-0.39, 0.29) is 11.3 Å². The minimum Gasteiger partial charge on any atom is -0.507 e. The number of ether oxygens (including phenoxy) is 1. The molecule has 1 aliphatic heterocycles. The number of hydrogen-bond acceptors (Lipinski definition) is 4. The number of para-hydroxylation sites is 1. The molecule has 1 saturated heterocycles. The van der Waals surface area contributed by atoms with Crippen molar-refractivity contribution in [3.8, 4) is 5.75 Å². The highest BCUT2D eigenvalue weighted by atomic mass is 35.5. The fraction of sp³-hybridized carbons (Fsp3) is 0.172. The van der Waals surface area contributed by atoms with E-state index >= 15 is 0 Å². The quantitative estimate of drug-likeness (QED) is 0.179. The summed E-state index contributed by atoms with van der Waals surface area (Å²) in [6, 6.07) is 20.5. The molecule has 3 aromatic carbocycles. The number of aromatic amines is 1. The second-order valence-electron chi connectivity index (χ2n) is 8.73. The minimum absolute atomic E-state index is 0.0236. The van der Waals surface area contributed by atoms with Crippen LogP contribution < -0.4 is 9.64 Å². The van der Waals surface area contributed by atoms with Crippen LogP contribution in [0.1, 0.15) is 36.2 Å². The van der Waals surface area contributed by atoms with Gasteiger partial charge < -0.3 is 14.8 Å². The standard InChI is InChI=1S/C29H25ClN2O4/c1-3-15-36-21-8-6-7-18(16-21)27(33)25-26(24-17(2)31-23-10-5-4-9-22(23)24)32(29(35)28(25)34)20-13-11-19(30)12-14-20/h4-14,16,26,31,33H,3,15H2,1-2H3/b27-25+. The SMILES string of the molecule is CCCOc1cccc(/C(O)=C2\C(=O)C(=O)N(c3ccc(Cl)cc3)C2c2c(C)[nH]c3ccccc23)c1. The predicted octanol–water partition coefficient (Wildman–Crippen LogP) is 6.54. The highest BCUT2D eigenvalue weighted by Crippen LogP contribution is 2.45. The largest absolute Gasteiger partial charge is 0.507 e. The van der Waals surface area contributed by atoms with E-state index in [0.717, 1.165) is 28.6 Å². The van der Waals surface area contributed by atoms with E-state index in [2.05, 4.69) is 4.98 Å². The number of benzene rings is 3. The smallest absolute Gasteiger partial charge is 0.300 e. The Labute approximate surface area is 213 Å². The third-order valence-electron chi connectivity index (χ3n) is 6.35. The van der Waals surface area contributed by atoms with Crippen LogP contribution in [0.4, 0.5) is 5.69 Å². The number of aromatic nitrogens is 1. The zero-order valence-electron chi connectivity index (χ0n) is 19.9. The number of nitrogens with zero attached hydrogens (tertiary/aromatic N) is 1. The Hall–Kier alpha value is -4.03.